The van der Waals surface area contributed by atoms with Gasteiger partial charge in [-0.3, -0.25) is 0 Å². The van der Waals surface area contributed by atoms with Crippen LogP contribution in [0.15, 0.2) is 18.2 Å². The van der Waals surface area contributed by atoms with Crippen LogP contribution in [0.3, 0.4) is 0 Å². The smallest absolute Gasteiger partial charge is 0.370 e. The molecule has 0 bridgehead atoms. The fourth-order valence-corrected chi connectivity index (χ4v) is 3.16. The van der Waals surface area contributed by atoms with Gasteiger partial charge in [-0.25, -0.2) is 0 Å². The zero-order valence-corrected chi connectivity index (χ0v) is 12.3. The molecule has 20 heavy (non-hydrogen) atoms. The molecule has 6 heteroatoms. The third-order valence-electron chi connectivity index (χ3n) is 3.34. The van der Waals surface area contributed by atoms with Crippen molar-refractivity contribution in [3.8, 4) is 0 Å². The number of alkyl halides is 3. The Bertz CT molecular complexity index is 443. The first-order valence-electron chi connectivity index (χ1n) is 6.76. The summed E-state index contributed by atoms with van der Waals surface area (Å²) in [7, 11) is 0. The number of benzene rings is 1. The molecule has 0 unspecified atom stereocenters. The minimum Gasteiger partial charge on any atom is -0.370 e. The van der Waals surface area contributed by atoms with Crippen LogP contribution in [0.2, 0.25) is 0 Å². The van der Waals surface area contributed by atoms with E-state index in [9.17, 15) is 13.2 Å². The molecule has 0 amide bonds. The fraction of sp³-hybridized carbons (Fsp3) is 0.571. The summed E-state index contributed by atoms with van der Waals surface area (Å²) >= 11 is 1.84. The van der Waals surface area contributed by atoms with Crippen LogP contribution in [0.25, 0.3) is 0 Å². The molecule has 1 N–H and O–H groups in total. The molecule has 1 aliphatic rings. The maximum Gasteiger partial charge on any atom is 0.416 e. The van der Waals surface area contributed by atoms with E-state index in [1.807, 2.05) is 23.6 Å². The van der Waals surface area contributed by atoms with Crippen molar-refractivity contribution >= 4 is 17.4 Å². The number of nitrogens with one attached hydrogen (secondary N) is 1. The van der Waals surface area contributed by atoms with Gasteiger partial charge in [-0.15, -0.1) is 0 Å². The van der Waals surface area contributed by atoms with Gasteiger partial charge in [0.1, 0.15) is 0 Å². The van der Waals surface area contributed by atoms with Gasteiger partial charge in [-0.05, 0) is 24.2 Å². The van der Waals surface area contributed by atoms with E-state index < -0.39 is 11.7 Å². The molecule has 0 radical (unpaired) electrons. The van der Waals surface area contributed by atoms with Gasteiger partial charge in [0.05, 0.1) is 5.56 Å². The van der Waals surface area contributed by atoms with Crippen molar-refractivity contribution in [1.82, 2.24) is 5.32 Å². The quantitative estimate of drug-likeness (QED) is 0.918. The Balaban J connectivity index is 2.27. The van der Waals surface area contributed by atoms with E-state index in [2.05, 4.69) is 5.32 Å². The number of thioether (sulfide) groups is 1. The Hall–Kier alpha value is -0.880. The van der Waals surface area contributed by atoms with Crippen LogP contribution in [0.1, 0.15) is 18.1 Å². The normalized spacial score (nSPS) is 16.5. The zero-order chi connectivity index (χ0) is 14.6. The minimum atomic E-state index is -4.30. The lowest BCUT2D eigenvalue weighted by atomic mass is 10.1. The van der Waals surface area contributed by atoms with Gasteiger partial charge in [0.25, 0.3) is 0 Å². The summed E-state index contributed by atoms with van der Waals surface area (Å²) in [5.41, 5.74) is 0.474. The van der Waals surface area contributed by atoms with Gasteiger partial charge in [-0.2, -0.15) is 24.9 Å². The molecule has 1 aromatic carbocycles. The number of anilines is 1. The highest BCUT2D eigenvalue weighted by atomic mass is 32.2. The molecule has 0 aliphatic carbocycles. The maximum absolute atomic E-state index is 13.2. The monoisotopic (exact) mass is 304 g/mol. The summed E-state index contributed by atoms with van der Waals surface area (Å²) in [6.45, 7) is 4.42. The van der Waals surface area contributed by atoms with Gasteiger partial charge in [0.15, 0.2) is 0 Å². The van der Waals surface area contributed by atoms with Crippen molar-refractivity contribution in [3.05, 3.63) is 29.3 Å². The Morgan fingerprint density at radius 1 is 1.25 bits per heavy atom. The topological polar surface area (TPSA) is 15.3 Å². The van der Waals surface area contributed by atoms with E-state index in [0.29, 0.717) is 17.8 Å². The molecule has 1 saturated heterocycles. The van der Waals surface area contributed by atoms with Crippen molar-refractivity contribution in [2.45, 2.75) is 19.6 Å². The van der Waals surface area contributed by atoms with E-state index in [-0.39, 0.29) is 6.54 Å². The third-order valence-corrected chi connectivity index (χ3v) is 4.28. The molecule has 1 fully saturated rings. The SMILES string of the molecule is CCNCc1ccc(N2CCSCC2)cc1C(F)(F)F. The van der Waals surface area contributed by atoms with Crippen LogP contribution in [-0.2, 0) is 12.7 Å². The van der Waals surface area contributed by atoms with Gasteiger partial charge >= 0.3 is 6.18 Å². The number of hydrogen-bond acceptors (Lipinski definition) is 3. The second-order valence-corrected chi connectivity index (χ2v) is 5.94. The van der Waals surface area contributed by atoms with E-state index in [4.69, 9.17) is 0 Å². The molecule has 2 rings (SSSR count). The number of nitrogens with zero attached hydrogens (tertiary/aromatic N) is 1. The second kappa shape index (κ2) is 6.72. The lowest BCUT2D eigenvalue weighted by Gasteiger charge is -2.29. The van der Waals surface area contributed by atoms with Crippen molar-refractivity contribution in [2.75, 3.05) is 36.0 Å². The van der Waals surface area contributed by atoms with Crippen molar-refractivity contribution in [3.63, 3.8) is 0 Å². The summed E-state index contributed by atoms with van der Waals surface area (Å²) < 4.78 is 39.5. The Morgan fingerprint density at radius 3 is 2.55 bits per heavy atom. The third kappa shape index (κ3) is 3.82. The molecule has 0 saturated carbocycles. The van der Waals surface area contributed by atoms with Crippen LogP contribution in [0, 0.1) is 0 Å². The van der Waals surface area contributed by atoms with Crippen LogP contribution in [0.5, 0.6) is 0 Å². The highest BCUT2D eigenvalue weighted by Crippen LogP contribution is 2.35. The van der Waals surface area contributed by atoms with Gasteiger partial charge < -0.3 is 10.2 Å². The summed E-state index contributed by atoms with van der Waals surface area (Å²) in [5, 5.41) is 2.96. The van der Waals surface area contributed by atoms with Gasteiger partial charge in [0.2, 0.25) is 0 Å². The van der Waals surface area contributed by atoms with Crippen LogP contribution in [0.4, 0.5) is 18.9 Å². The molecule has 2 nitrogen and oxygen atoms in total. The number of hydrogen-bond donors (Lipinski definition) is 1. The molecule has 112 valence electrons. The van der Waals surface area contributed by atoms with Gasteiger partial charge in [-0.1, -0.05) is 13.0 Å². The number of rotatable bonds is 4. The predicted octanol–water partition coefficient (Wildman–Crippen LogP) is 3.37. The van der Waals surface area contributed by atoms with E-state index >= 15 is 0 Å². The minimum absolute atomic E-state index is 0.251. The van der Waals surface area contributed by atoms with Crippen molar-refractivity contribution < 1.29 is 13.2 Å². The van der Waals surface area contributed by atoms with E-state index in [1.165, 1.54) is 6.07 Å². The highest BCUT2D eigenvalue weighted by Gasteiger charge is 2.33. The number of halogens is 3. The van der Waals surface area contributed by atoms with E-state index in [0.717, 1.165) is 24.6 Å². The Morgan fingerprint density at radius 2 is 1.95 bits per heavy atom. The average molecular weight is 304 g/mol. The van der Waals surface area contributed by atoms with E-state index in [1.54, 1.807) is 12.1 Å². The second-order valence-electron chi connectivity index (χ2n) is 4.72. The molecule has 1 aromatic rings. The lowest BCUT2D eigenvalue weighted by molar-refractivity contribution is -0.138. The summed E-state index contributed by atoms with van der Waals surface area (Å²) in [5.74, 6) is 1.95. The van der Waals surface area contributed by atoms with Gasteiger partial charge in [0, 0.05) is 36.8 Å². The zero-order valence-electron chi connectivity index (χ0n) is 11.5. The van der Waals surface area contributed by atoms with Crippen molar-refractivity contribution in [1.29, 1.82) is 0 Å². The molecule has 0 spiro atoms. The first kappa shape index (κ1) is 15.5. The van der Waals surface area contributed by atoms with Crippen LogP contribution in [-0.4, -0.2) is 31.1 Å². The highest BCUT2D eigenvalue weighted by molar-refractivity contribution is 7.99. The molecule has 1 aliphatic heterocycles. The first-order valence-corrected chi connectivity index (χ1v) is 7.91. The maximum atomic E-state index is 13.2. The summed E-state index contributed by atoms with van der Waals surface area (Å²) in [6, 6.07) is 4.70. The van der Waals surface area contributed by atoms with Crippen LogP contribution < -0.4 is 10.2 Å². The van der Waals surface area contributed by atoms with Crippen LogP contribution >= 0.6 is 11.8 Å². The summed E-state index contributed by atoms with van der Waals surface area (Å²) in [4.78, 5) is 2.03. The molecule has 1 heterocycles. The fourth-order valence-electron chi connectivity index (χ4n) is 2.26. The molecular weight excluding hydrogens is 285 g/mol. The molecular formula is C14H19F3N2S. The standard InChI is InChI=1S/C14H19F3N2S/c1-2-18-10-11-3-4-12(9-13(11)14(15,16)17)19-5-7-20-8-6-19/h3-4,9,18H,2,5-8,10H2,1H3. The Labute approximate surface area is 121 Å². The van der Waals surface area contributed by atoms with Crippen molar-refractivity contribution in [2.24, 2.45) is 0 Å². The lowest BCUT2D eigenvalue weighted by Crippen LogP contribution is -2.32. The largest absolute Gasteiger partial charge is 0.416 e. The molecule has 0 aromatic heterocycles. The molecule has 0 atom stereocenters. The first-order chi connectivity index (χ1) is 9.52. The average Bonchev–Trinajstić information content (AvgIpc) is 2.45. The Kier molecular flexibility index (Phi) is 5.21. The predicted molar refractivity (Wildman–Crippen MR) is 78.4 cm³/mol. The summed E-state index contributed by atoms with van der Waals surface area (Å²) in [6.07, 6.45) is -4.30.